The summed E-state index contributed by atoms with van der Waals surface area (Å²) in [5.41, 5.74) is 0.693. The molecule has 82 valence electrons. The maximum absolute atomic E-state index is 10.8. The zero-order valence-electron chi connectivity index (χ0n) is 9.09. The van der Waals surface area contributed by atoms with Gasteiger partial charge in [-0.25, -0.2) is 4.98 Å². The molecule has 0 saturated carbocycles. The third kappa shape index (κ3) is 2.09. The summed E-state index contributed by atoms with van der Waals surface area (Å²) in [6.07, 6.45) is 6.64. The fourth-order valence-corrected chi connectivity index (χ4v) is 2.26. The fraction of sp³-hybridized carbons (Fsp3) is 0.636. The Morgan fingerprint density at radius 2 is 2.53 bits per heavy atom. The van der Waals surface area contributed by atoms with Gasteiger partial charge in [0.25, 0.3) is 0 Å². The van der Waals surface area contributed by atoms with E-state index in [1.54, 1.807) is 12.5 Å². The molecule has 0 amide bonds. The summed E-state index contributed by atoms with van der Waals surface area (Å²) in [5, 5.41) is 0. The quantitative estimate of drug-likeness (QED) is 0.702. The minimum absolute atomic E-state index is 0.418. The van der Waals surface area contributed by atoms with Crippen molar-refractivity contribution in [2.75, 3.05) is 19.6 Å². The Labute approximate surface area is 89.9 Å². The maximum atomic E-state index is 10.8. The lowest BCUT2D eigenvalue weighted by molar-refractivity contribution is 0.110. The van der Waals surface area contributed by atoms with Gasteiger partial charge in [0, 0.05) is 12.6 Å². The largest absolute Gasteiger partial charge is 0.324 e. The summed E-state index contributed by atoms with van der Waals surface area (Å²) in [6, 6.07) is 0.418. The van der Waals surface area contributed by atoms with Crippen LogP contribution in [0.5, 0.6) is 0 Å². The standard InChI is InChI=1S/C11H17N3O/c1-2-13-5-3-4-10(7-13)14-9-12-6-11(14)8-15/h6,8-10H,2-5,7H2,1H3. The number of rotatable bonds is 3. The van der Waals surface area contributed by atoms with E-state index in [4.69, 9.17) is 0 Å². The summed E-state index contributed by atoms with van der Waals surface area (Å²) in [5.74, 6) is 0. The molecule has 1 aromatic rings. The molecular formula is C11H17N3O. The molecule has 4 heteroatoms. The first-order valence-electron chi connectivity index (χ1n) is 5.54. The number of carbonyl (C=O) groups excluding carboxylic acids is 1. The highest BCUT2D eigenvalue weighted by atomic mass is 16.1. The van der Waals surface area contributed by atoms with Crippen molar-refractivity contribution < 1.29 is 4.79 Å². The number of hydrogen-bond acceptors (Lipinski definition) is 3. The van der Waals surface area contributed by atoms with Crippen LogP contribution in [-0.2, 0) is 0 Å². The molecule has 1 unspecified atom stereocenters. The Bertz CT molecular complexity index is 334. The number of hydrogen-bond donors (Lipinski definition) is 0. The van der Waals surface area contributed by atoms with Gasteiger partial charge in [-0.05, 0) is 25.9 Å². The van der Waals surface area contributed by atoms with E-state index in [2.05, 4.69) is 16.8 Å². The van der Waals surface area contributed by atoms with E-state index in [-0.39, 0.29) is 0 Å². The second-order valence-electron chi connectivity index (χ2n) is 4.03. The maximum Gasteiger partial charge on any atom is 0.168 e. The van der Waals surface area contributed by atoms with Crippen LogP contribution in [0.4, 0.5) is 0 Å². The van der Waals surface area contributed by atoms with Gasteiger partial charge in [-0.2, -0.15) is 0 Å². The van der Waals surface area contributed by atoms with Crippen LogP contribution in [0.25, 0.3) is 0 Å². The Hall–Kier alpha value is -1.16. The Kier molecular flexibility index (Phi) is 3.16. The number of likely N-dealkylation sites (N-methyl/N-ethyl adjacent to an activating group) is 1. The van der Waals surface area contributed by atoms with Crippen molar-refractivity contribution in [1.82, 2.24) is 14.5 Å². The van der Waals surface area contributed by atoms with Crippen molar-refractivity contribution in [1.29, 1.82) is 0 Å². The van der Waals surface area contributed by atoms with E-state index in [0.29, 0.717) is 11.7 Å². The zero-order valence-corrected chi connectivity index (χ0v) is 9.09. The first-order chi connectivity index (χ1) is 7.35. The highest BCUT2D eigenvalue weighted by molar-refractivity contribution is 5.71. The van der Waals surface area contributed by atoms with Gasteiger partial charge in [-0.15, -0.1) is 0 Å². The van der Waals surface area contributed by atoms with Crippen LogP contribution in [0.1, 0.15) is 36.3 Å². The predicted octanol–water partition coefficient (Wildman–Crippen LogP) is 1.35. The lowest BCUT2D eigenvalue weighted by Crippen LogP contribution is -2.36. The minimum Gasteiger partial charge on any atom is -0.324 e. The molecule has 0 aliphatic carbocycles. The molecule has 0 N–H and O–H groups in total. The van der Waals surface area contributed by atoms with E-state index < -0.39 is 0 Å². The molecular weight excluding hydrogens is 190 g/mol. The van der Waals surface area contributed by atoms with Gasteiger partial charge in [0.05, 0.1) is 12.5 Å². The number of nitrogens with zero attached hydrogens (tertiary/aromatic N) is 3. The van der Waals surface area contributed by atoms with Crippen molar-refractivity contribution in [3.05, 3.63) is 18.2 Å². The molecule has 1 aliphatic heterocycles. The molecule has 1 aliphatic rings. The van der Waals surface area contributed by atoms with Crippen LogP contribution in [0.3, 0.4) is 0 Å². The van der Waals surface area contributed by atoms with Crippen LogP contribution in [0.2, 0.25) is 0 Å². The van der Waals surface area contributed by atoms with Crippen molar-refractivity contribution in [3.8, 4) is 0 Å². The highest BCUT2D eigenvalue weighted by Gasteiger charge is 2.21. The van der Waals surface area contributed by atoms with Crippen LogP contribution in [0.15, 0.2) is 12.5 Å². The smallest absolute Gasteiger partial charge is 0.168 e. The molecule has 4 nitrogen and oxygen atoms in total. The highest BCUT2D eigenvalue weighted by Crippen LogP contribution is 2.22. The van der Waals surface area contributed by atoms with E-state index in [1.165, 1.54) is 13.0 Å². The van der Waals surface area contributed by atoms with Gasteiger partial charge in [-0.1, -0.05) is 6.92 Å². The van der Waals surface area contributed by atoms with Gasteiger partial charge in [0.1, 0.15) is 5.69 Å². The number of aromatic nitrogens is 2. The molecule has 0 radical (unpaired) electrons. The van der Waals surface area contributed by atoms with Gasteiger partial charge < -0.3 is 9.47 Å². The second-order valence-corrected chi connectivity index (χ2v) is 4.03. The average Bonchev–Trinajstić information content (AvgIpc) is 2.77. The number of aldehydes is 1. The van der Waals surface area contributed by atoms with Crippen LogP contribution >= 0.6 is 0 Å². The van der Waals surface area contributed by atoms with Crippen molar-refractivity contribution in [2.24, 2.45) is 0 Å². The minimum atomic E-state index is 0.418. The molecule has 1 fully saturated rings. The van der Waals surface area contributed by atoms with Crippen molar-refractivity contribution in [2.45, 2.75) is 25.8 Å². The molecule has 15 heavy (non-hydrogen) atoms. The summed E-state index contributed by atoms with van der Waals surface area (Å²) < 4.78 is 2.01. The van der Waals surface area contributed by atoms with Crippen molar-refractivity contribution >= 4 is 6.29 Å². The lowest BCUT2D eigenvalue weighted by Gasteiger charge is -2.32. The summed E-state index contributed by atoms with van der Waals surface area (Å²) in [4.78, 5) is 17.3. The average molecular weight is 207 g/mol. The van der Waals surface area contributed by atoms with Crippen LogP contribution in [-0.4, -0.2) is 40.4 Å². The van der Waals surface area contributed by atoms with Gasteiger partial charge >= 0.3 is 0 Å². The molecule has 1 atom stereocenters. The normalized spacial score (nSPS) is 22.9. The third-order valence-electron chi connectivity index (χ3n) is 3.14. The van der Waals surface area contributed by atoms with E-state index in [0.717, 1.165) is 25.8 Å². The molecule has 1 aromatic heterocycles. The molecule has 0 bridgehead atoms. The van der Waals surface area contributed by atoms with Crippen molar-refractivity contribution in [3.63, 3.8) is 0 Å². The van der Waals surface area contributed by atoms with Crippen LogP contribution in [0, 0.1) is 0 Å². The molecule has 2 rings (SSSR count). The Balaban J connectivity index is 2.12. The number of piperidine rings is 1. The van der Waals surface area contributed by atoms with Gasteiger partial charge in [-0.3, -0.25) is 4.79 Å². The van der Waals surface area contributed by atoms with E-state index in [1.807, 2.05) is 4.57 Å². The third-order valence-corrected chi connectivity index (χ3v) is 3.14. The van der Waals surface area contributed by atoms with E-state index in [9.17, 15) is 4.79 Å². The number of imidazole rings is 1. The topological polar surface area (TPSA) is 38.1 Å². The monoisotopic (exact) mass is 207 g/mol. The summed E-state index contributed by atoms with van der Waals surface area (Å²) in [6.45, 7) is 5.48. The molecule has 0 aromatic carbocycles. The Morgan fingerprint density at radius 3 is 3.27 bits per heavy atom. The summed E-state index contributed by atoms with van der Waals surface area (Å²) in [7, 11) is 0. The summed E-state index contributed by atoms with van der Waals surface area (Å²) >= 11 is 0. The first-order valence-corrected chi connectivity index (χ1v) is 5.54. The molecule has 0 spiro atoms. The number of likely N-dealkylation sites (tertiary alicyclic amines) is 1. The lowest BCUT2D eigenvalue weighted by atomic mass is 10.1. The SMILES string of the molecule is CCN1CCCC(n2cncc2C=O)C1. The fourth-order valence-electron chi connectivity index (χ4n) is 2.26. The van der Waals surface area contributed by atoms with E-state index >= 15 is 0 Å². The second kappa shape index (κ2) is 4.57. The zero-order chi connectivity index (χ0) is 10.7. The Morgan fingerprint density at radius 1 is 1.67 bits per heavy atom. The number of carbonyl (C=O) groups is 1. The van der Waals surface area contributed by atoms with Crippen LogP contribution < -0.4 is 0 Å². The van der Waals surface area contributed by atoms with Gasteiger partial charge in [0.2, 0.25) is 0 Å². The first kappa shape index (κ1) is 10.4. The van der Waals surface area contributed by atoms with Gasteiger partial charge in [0.15, 0.2) is 6.29 Å². The molecule has 2 heterocycles. The predicted molar refractivity (Wildman–Crippen MR) is 58.0 cm³/mol. The molecule has 1 saturated heterocycles.